The number of benzene rings is 2. The smallest absolute Gasteiger partial charge is 0.240 e. The van der Waals surface area contributed by atoms with E-state index >= 15 is 0 Å². The van der Waals surface area contributed by atoms with Crippen LogP contribution in [0.4, 0.5) is 11.4 Å². The van der Waals surface area contributed by atoms with E-state index in [-0.39, 0.29) is 0 Å². The lowest BCUT2D eigenvalue weighted by Gasteiger charge is -2.04. The van der Waals surface area contributed by atoms with Gasteiger partial charge in [0.15, 0.2) is 0 Å². The molecule has 6 nitrogen and oxygen atoms in total. The van der Waals surface area contributed by atoms with Gasteiger partial charge in [0.05, 0.1) is 11.4 Å². The zero-order valence-corrected chi connectivity index (χ0v) is 12.7. The molecule has 0 fully saturated rings. The first-order valence-corrected chi connectivity index (χ1v) is 7.08. The first kappa shape index (κ1) is 16.9. The Morgan fingerprint density at radius 3 is 1.42 bits per heavy atom. The van der Waals surface area contributed by atoms with Gasteiger partial charge in [0.2, 0.25) is 12.2 Å². The fourth-order valence-corrected chi connectivity index (χ4v) is 1.76. The van der Waals surface area contributed by atoms with E-state index in [0.717, 1.165) is 0 Å². The minimum atomic E-state index is 0.395. The Morgan fingerprint density at radius 2 is 1.08 bits per heavy atom. The zero-order valence-electron chi connectivity index (χ0n) is 12.7. The Balaban J connectivity index is 1.70. The van der Waals surface area contributed by atoms with Crippen LogP contribution in [-0.4, -0.2) is 25.4 Å². The normalized spacial score (nSPS) is 9.83. The van der Waals surface area contributed by atoms with Gasteiger partial charge in [-0.1, -0.05) is 0 Å². The summed E-state index contributed by atoms with van der Waals surface area (Å²) in [4.78, 5) is 27.2. The maximum atomic E-state index is 10.1. The molecule has 0 aromatic heterocycles. The van der Waals surface area contributed by atoms with Crippen molar-refractivity contribution in [2.45, 2.75) is 0 Å². The Morgan fingerprint density at radius 1 is 0.708 bits per heavy atom. The van der Waals surface area contributed by atoms with Crippen LogP contribution in [0, 0.1) is 0 Å². The van der Waals surface area contributed by atoms with Crippen LogP contribution in [0.1, 0.15) is 0 Å². The topological polar surface area (TPSA) is 77.3 Å². The van der Waals surface area contributed by atoms with Gasteiger partial charge >= 0.3 is 0 Å². The Bertz CT molecular complexity index is 702. The number of aliphatic imine (C=N–C) groups is 2. The predicted octanol–water partition coefficient (Wildman–Crippen LogP) is 3.64. The van der Waals surface area contributed by atoms with Gasteiger partial charge in [-0.2, -0.15) is 9.98 Å². The fourth-order valence-electron chi connectivity index (χ4n) is 1.76. The molecule has 0 saturated heterocycles. The summed E-state index contributed by atoms with van der Waals surface area (Å²) < 4.78 is 11.0. The van der Waals surface area contributed by atoms with Crippen molar-refractivity contribution in [3.05, 3.63) is 60.7 Å². The van der Waals surface area contributed by atoms with Crippen LogP contribution in [0.25, 0.3) is 0 Å². The molecule has 0 aliphatic heterocycles. The molecule has 0 aliphatic carbocycles. The molecule has 2 aromatic carbocycles. The second-order valence-corrected chi connectivity index (χ2v) is 4.49. The molecule has 120 valence electrons. The highest BCUT2D eigenvalue weighted by atomic mass is 16.5. The number of ether oxygens (including phenoxy) is 2. The van der Waals surface area contributed by atoms with E-state index < -0.39 is 0 Å². The van der Waals surface area contributed by atoms with Crippen molar-refractivity contribution in [1.82, 2.24) is 0 Å². The molecule has 0 heterocycles. The summed E-state index contributed by atoms with van der Waals surface area (Å²) in [6, 6.07) is 13.6. The minimum Gasteiger partial charge on any atom is -0.490 e. The lowest BCUT2D eigenvalue weighted by Crippen LogP contribution is -1.96. The van der Waals surface area contributed by atoms with Gasteiger partial charge in [0.25, 0.3) is 0 Å². The second-order valence-electron chi connectivity index (χ2n) is 4.49. The number of hydrogen-bond acceptors (Lipinski definition) is 6. The van der Waals surface area contributed by atoms with Crippen LogP contribution in [0.5, 0.6) is 11.5 Å². The molecule has 0 bridgehead atoms. The Hall–Kier alpha value is -3.46. The standard InChI is InChI=1S/C18H14N2O4/c21-13-19-15-3-7-17(8-4-15)23-11-1-2-12-24-18-9-5-16(6-10-18)20-14-22/h1-10H,11-12H2/b2-1+. The van der Waals surface area contributed by atoms with E-state index in [0.29, 0.717) is 36.1 Å². The van der Waals surface area contributed by atoms with Gasteiger partial charge in [0.1, 0.15) is 24.7 Å². The molecule has 0 amide bonds. The van der Waals surface area contributed by atoms with E-state index in [1.54, 1.807) is 48.5 Å². The molecule has 2 aromatic rings. The Labute approximate surface area is 138 Å². The molecule has 2 rings (SSSR count). The largest absolute Gasteiger partial charge is 0.490 e. The van der Waals surface area contributed by atoms with Gasteiger partial charge in [-0.05, 0) is 60.7 Å². The molecule has 0 N–H and O–H groups in total. The molecular weight excluding hydrogens is 308 g/mol. The molecule has 24 heavy (non-hydrogen) atoms. The number of carbonyl (C=O) groups excluding carboxylic acids is 2. The van der Waals surface area contributed by atoms with Gasteiger partial charge in [-0.15, -0.1) is 0 Å². The molecule has 0 aliphatic rings. The summed E-state index contributed by atoms with van der Waals surface area (Å²) in [6.45, 7) is 0.791. The highest BCUT2D eigenvalue weighted by molar-refractivity contribution is 5.50. The maximum absolute atomic E-state index is 10.1. The first-order valence-electron chi connectivity index (χ1n) is 7.08. The van der Waals surface area contributed by atoms with Crippen molar-refractivity contribution in [3.63, 3.8) is 0 Å². The molecule has 0 atom stereocenters. The van der Waals surface area contributed by atoms with Gasteiger partial charge in [-0.3, -0.25) is 0 Å². The molecule has 0 saturated carbocycles. The van der Waals surface area contributed by atoms with Crippen LogP contribution in [0.15, 0.2) is 70.7 Å². The van der Waals surface area contributed by atoms with Crippen molar-refractivity contribution < 1.29 is 19.1 Å². The molecular formula is C18H14N2O4. The average Bonchev–Trinajstić information content (AvgIpc) is 2.61. The third-order valence-corrected chi connectivity index (χ3v) is 2.88. The monoisotopic (exact) mass is 322 g/mol. The van der Waals surface area contributed by atoms with Crippen LogP contribution in [0.3, 0.4) is 0 Å². The first-order chi connectivity index (χ1) is 11.8. The van der Waals surface area contributed by atoms with Gasteiger partial charge in [0, 0.05) is 0 Å². The van der Waals surface area contributed by atoms with Crippen molar-refractivity contribution in [1.29, 1.82) is 0 Å². The van der Waals surface area contributed by atoms with Gasteiger partial charge < -0.3 is 9.47 Å². The van der Waals surface area contributed by atoms with Crippen LogP contribution in [-0.2, 0) is 9.59 Å². The average molecular weight is 322 g/mol. The molecule has 0 spiro atoms. The fraction of sp³-hybridized carbons (Fsp3) is 0.111. The second kappa shape index (κ2) is 9.54. The molecule has 6 heteroatoms. The highest BCUT2D eigenvalue weighted by Gasteiger charge is 1.94. The van der Waals surface area contributed by atoms with E-state index in [9.17, 15) is 9.59 Å². The van der Waals surface area contributed by atoms with Crippen molar-refractivity contribution in [3.8, 4) is 11.5 Å². The van der Waals surface area contributed by atoms with E-state index in [1.165, 1.54) is 12.2 Å². The molecule has 0 unspecified atom stereocenters. The summed E-state index contributed by atoms with van der Waals surface area (Å²) in [5.41, 5.74) is 1.07. The van der Waals surface area contributed by atoms with Crippen molar-refractivity contribution >= 4 is 23.5 Å². The van der Waals surface area contributed by atoms with Crippen LogP contribution >= 0.6 is 0 Å². The van der Waals surface area contributed by atoms with Crippen molar-refractivity contribution in [2.75, 3.05) is 13.2 Å². The lowest BCUT2D eigenvalue weighted by molar-refractivity contribution is 0.350. The Kier molecular flexibility index (Phi) is 6.72. The van der Waals surface area contributed by atoms with E-state index in [1.807, 2.05) is 12.2 Å². The summed E-state index contributed by atoms with van der Waals surface area (Å²) in [5.74, 6) is 1.36. The highest BCUT2D eigenvalue weighted by Crippen LogP contribution is 2.18. The number of rotatable bonds is 8. The summed E-state index contributed by atoms with van der Waals surface area (Å²) in [6.07, 6.45) is 6.63. The van der Waals surface area contributed by atoms with E-state index in [4.69, 9.17) is 9.47 Å². The van der Waals surface area contributed by atoms with Gasteiger partial charge in [-0.25, -0.2) is 9.59 Å². The summed E-state index contributed by atoms with van der Waals surface area (Å²) in [5, 5.41) is 0. The zero-order chi connectivity index (χ0) is 17.0. The third kappa shape index (κ3) is 5.73. The number of hydrogen-bond donors (Lipinski definition) is 0. The SMILES string of the molecule is O=C=Nc1ccc(OC/C=C/COc2ccc(N=C=O)cc2)cc1. The van der Waals surface area contributed by atoms with Crippen LogP contribution < -0.4 is 9.47 Å². The lowest BCUT2D eigenvalue weighted by atomic mass is 10.3. The maximum Gasteiger partial charge on any atom is 0.240 e. The predicted molar refractivity (Wildman–Crippen MR) is 88.6 cm³/mol. The van der Waals surface area contributed by atoms with E-state index in [2.05, 4.69) is 9.98 Å². The van der Waals surface area contributed by atoms with Crippen molar-refractivity contribution in [2.24, 2.45) is 9.98 Å². The molecule has 0 radical (unpaired) electrons. The van der Waals surface area contributed by atoms with Crippen LogP contribution in [0.2, 0.25) is 0 Å². The quantitative estimate of drug-likeness (QED) is 0.422. The third-order valence-electron chi connectivity index (χ3n) is 2.88. The number of nitrogens with zero attached hydrogens (tertiary/aromatic N) is 2. The summed E-state index contributed by atoms with van der Waals surface area (Å²) >= 11 is 0. The summed E-state index contributed by atoms with van der Waals surface area (Å²) in [7, 11) is 0. The number of isocyanates is 2. The minimum absolute atomic E-state index is 0.395.